The van der Waals surface area contributed by atoms with E-state index in [0.717, 1.165) is 11.1 Å². The van der Waals surface area contributed by atoms with Crippen molar-refractivity contribution in [3.8, 4) is 6.01 Å². The molecule has 2 aromatic carbocycles. The molecule has 9 heteroatoms. The van der Waals surface area contributed by atoms with Crippen LogP contribution in [0.3, 0.4) is 0 Å². The monoisotopic (exact) mass is 456 g/mol. The molecule has 4 atom stereocenters. The van der Waals surface area contributed by atoms with E-state index in [4.69, 9.17) is 18.9 Å². The zero-order valence-electron chi connectivity index (χ0n) is 17.6. The van der Waals surface area contributed by atoms with Gasteiger partial charge in [-0.25, -0.2) is 8.78 Å². The van der Waals surface area contributed by atoms with Crippen molar-refractivity contribution in [2.75, 3.05) is 6.61 Å². The maximum Gasteiger partial charge on any atom is 0.302 e. The van der Waals surface area contributed by atoms with E-state index in [2.05, 4.69) is 4.98 Å². The van der Waals surface area contributed by atoms with Crippen molar-refractivity contribution in [2.24, 2.45) is 0 Å². The van der Waals surface area contributed by atoms with Gasteiger partial charge in [0, 0.05) is 12.3 Å². The van der Waals surface area contributed by atoms with Crippen LogP contribution in [-0.4, -0.2) is 40.4 Å². The van der Waals surface area contributed by atoms with Gasteiger partial charge in [0.25, 0.3) is 12.0 Å². The van der Waals surface area contributed by atoms with Crippen molar-refractivity contribution in [1.29, 1.82) is 0 Å². The van der Waals surface area contributed by atoms with Crippen LogP contribution in [0.4, 0.5) is 8.78 Å². The summed E-state index contributed by atoms with van der Waals surface area (Å²) in [5, 5.41) is 0. The predicted octanol–water partition coefficient (Wildman–Crippen LogP) is 3.34. The van der Waals surface area contributed by atoms with E-state index in [0.29, 0.717) is 0 Å². The molecule has 2 aliphatic heterocycles. The molecule has 0 aliphatic carbocycles. The van der Waals surface area contributed by atoms with E-state index >= 15 is 0 Å². The topological polar surface area (TPSA) is 71.8 Å². The van der Waals surface area contributed by atoms with E-state index in [1.54, 1.807) is 0 Å². The largest absolute Gasteiger partial charge is 0.453 e. The maximum absolute atomic E-state index is 14.6. The second-order valence-electron chi connectivity index (χ2n) is 8.00. The van der Waals surface area contributed by atoms with Gasteiger partial charge < -0.3 is 18.9 Å². The first-order valence-corrected chi connectivity index (χ1v) is 10.6. The Hall–Kier alpha value is -3.14. The molecule has 33 heavy (non-hydrogen) atoms. The summed E-state index contributed by atoms with van der Waals surface area (Å²) >= 11 is 0. The van der Waals surface area contributed by atoms with Gasteiger partial charge in [-0.15, -0.1) is 0 Å². The van der Waals surface area contributed by atoms with Gasteiger partial charge in [-0.1, -0.05) is 60.7 Å². The quantitative estimate of drug-likeness (QED) is 0.518. The molecular formula is C24H22F2N2O5. The van der Waals surface area contributed by atoms with Crippen molar-refractivity contribution in [3.63, 3.8) is 0 Å². The van der Waals surface area contributed by atoms with Crippen molar-refractivity contribution in [2.45, 2.75) is 43.7 Å². The zero-order chi connectivity index (χ0) is 22.8. The molecule has 2 aliphatic rings. The van der Waals surface area contributed by atoms with E-state index in [1.807, 2.05) is 60.7 Å². The van der Waals surface area contributed by atoms with Gasteiger partial charge in [0.2, 0.25) is 0 Å². The molecule has 0 bridgehead atoms. The number of nitrogens with zero attached hydrogens (tertiary/aromatic N) is 2. The first-order valence-electron chi connectivity index (χ1n) is 10.6. The number of hydrogen-bond donors (Lipinski definition) is 0. The van der Waals surface area contributed by atoms with Crippen molar-refractivity contribution in [3.05, 3.63) is 94.4 Å². The predicted molar refractivity (Wildman–Crippen MR) is 113 cm³/mol. The third kappa shape index (κ3) is 4.15. The molecule has 1 unspecified atom stereocenters. The standard InChI is InChI=1S/C24H22F2N2O5/c25-22(26)24(15-30-13-16-7-3-1-4-8-16)20(31-14-17-9-5-2-6-10-17)19-21(33-24)28-12-11-18(29)27-23(28)32-19/h1-12,19-22H,13-15H2/t19?,20-,21+,24+/m0/s1. The van der Waals surface area contributed by atoms with Crippen LogP contribution in [-0.2, 0) is 27.4 Å². The second kappa shape index (κ2) is 9.01. The van der Waals surface area contributed by atoms with Crippen LogP contribution in [0, 0.1) is 0 Å². The van der Waals surface area contributed by atoms with Crippen LogP contribution in [0.1, 0.15) is 17.4 Å². The number of hydrogen-bond acceptors (Lipinski definition) is 6. The summed E-state index contributed by atoms with van der Waals surface area (Å²) in [6.45, 7) is -0.181. The number of fused-ring (bicyclic) bond motifs is 3. The van der Waals surface area contributed by atoms with Crippen LogP contribution in [0.5, 0.6) is 6.01 Å². The molecule has 0 amide bonds. The Balaban J connectivity index is 1.42. The number of alkyl halides is 2. The van der Waals surface area contributed by atoms with Crippen molar-refractivity contribution < 1.29 is 27.7 Å². The van der Waals surface area contributed by atoms with Crippen LogP contribution in [0.25, 0.3) is 0 Å². The Morgan fingerprint density at radius 1 is 1.00 bits per heavy atom. The molecule has 0 radical (unpaired) electrons. The van der Waals surface area contributed by atoms with E-state index in [1.165, 1.54) is 16.8 Å². The van der Waals surface area contributed by atoms with Gasteiger partial charge in [0.05, 0.1) is 19.8 Å². The molecule has 3 heterocycles. The molecule has 0 saturated carbocycles. The molecule has 3 aromatic rings. The third-order valence-corrected chi connectivity index (χ3v) is 5.80. The van der Waals surface area contributed by atoms with Gasteiger partial charge in [0.15, 0.2) is 17.9 Å². The lowest BCUT2D eigenvalue weighted by atomic mass is 9.96. The Kier molecular flexibility index (Phi) is 5.92. The van der Waals surface area contributed by atoms with Crippen molar-refractivity contribution >= 4 is 0 Å². The van der Waals surface area contributed by atoms with Gasteiger partial charge >= 0.3 is 6.01 Å². The minimum Gasteiger partial charge on any atom is -0.453 e. The SMILES string of the molecule is O=c1ccn2c(n1)OC1[C@H]2O[C@@](COCc2ccccc2)(C(F)F)[C@H]1OCc1ccccc1. The summed E-state index contributed by atoms with van der Waals surface area (Å²) in [6.07, 6.45) is -4.51. The molecule has 1 saturated heterocycles. The van der Waals surface area contributed by atoms with Crippen LogP contribution >= 0.6 is 0 Å². The van der Waals surface area contributed by atoms with Crippen LogP contribution in [0.2, 0.25) is 0 Å². The Bertz CT molecular complexity index is 1140. The van der Waals surface area contributed by atoms with E-state index in [-0.39, 0.29) is 19.2 Å². The lowest BCUT2D eigenvalue weighted by Gasteiger charge is -2.34. The van der Waals surface area contributed by atoms with Gasteiger partial charge in [-0.05, 0) is 11.1 Å². The highest BCUT2D eigenvalue weighted by molar-refractivity contribution is 5.18. The molecule has 1 fully saturated rings. The van der Waals surface area contributed by atoms with Gasteiger partial charge in [0.1, 0.15) is 6.10 Å². The Labute approximate surface area is 188 Å². The fraction of sp³-hybridized carbons (Fsp3) is 0.333. The summed E-state index contributed by atoms with van der Waals surface area (Å²) in [4.78, 5) is 15.5. The average molecular weight is 456 g/mol. The number of halogens is 2. The molecule has 1 aromatic heterocycles. The van der Waals surface area contributed by atoms with E-state index < -0.39 is 42.6 Å². The normalized spacial score (nSPS) is 25.6. The van der Waals surface area contributed by atoms with Crippen LogP contribution < -0.4 is 10.3 Å². The Morgan fingerprint density at radius 2 is 1.67 bits per heavy atom. The summed E-state index contributed by atoms with van der Waals surface area (Å²) in [7, 11) is 0. The smallest absolute Gasteiger partial charge is 0.302 e. The zero-order valence-corrected chi connectivity index (χ0v) is 17.6. The highest BCUT2D eigenvalue weighted by Gasteiger charge is 2.65. The molecule has 5 rings (SSSR count). The van der Waals surface area contributed by atoms with Crippen LogP contribution in [0.15, 0.2) is 77.7 Å². The lowest BCUT2D eigenvalue weighted by Crippen LogP contribution is -2.54. The fourth-order valence-electron chi connectivity index (χ4n) is 4.17. The molecular weight excluding hydrogens is 434 g/mol. The highest BCUT2D eigenvalue weighted by Crippen LogP contribution is 2.48. The Morgan fingerprint density at radius 3 is 2.33 bits per heavy atom. The van der Waals surface area contributed by atoms with Gasteiger partial charge in [-0.3, -0.25) is 9.36 Å². The number of benzene rings is 2. The van der Waals surface area contributed by atoms with Gasteiger partial charge in [-0.2, -0.15) is 4.98 Å². The molecule has 0 spiro atoms. The van der Waals surface area contributed by atoms with E-state index in [9.17, 15) is 13.6 Å². The second-order valence-corrected chi connectivity index (χ2v) is 8.00. The summed E-state index contributed by atoms with van der Waals surface area (Å²) in [5.74, 6) is 0. The highest BCUT2D eigenvalue weighted by atomic mass is 19.3. The average Bonchev–Trinajstić information content (AvgIpc) is 3.32. The number of ether oxygens (including phenoxy) is 4. The minimum atomic E-state index is -2.92. The summed E-state index contributed by atoms with van der Waals surface area (Å²) in [5.41, 5.74) is -0.892. The lowest BCUT2D eigenvalue weighted by molar-refractivity contribution is -0.216. The van der Waals surface area contributed by atoms with Crippen molar-refractivity contribution in [1.82, 2.24) is 9.55 Å². The molecule has 7 nitrogen and oxygen atoms in total. The molecule has 0 N–H and O–H groups in total. The fourth-order valence-corrected chi connectivity index (χ4v) is 4.17. The minimum absolute atomic E-state index is 0.0129. The number of rotatable bonds is 8. The first kappa shape index (κ1) is 21.7. The summed E-state index contributed by atoms with van der Waals surface area (Å²) < 4.78 is 54.1. The third-order valence-electron chi connectivity index (χ3n) is 5.80. The number of aromatic nitrogens is 2. The molecule has 172 valence electrons. The first-order chi connectivity index (χ1) is 16.1. The maximum atomic E-state index is 14.6. The summed E-state index contributed by atoms with van der Waals surface area (Å²) in [6, 6.07) is 19.7.